The molecule has 9 heteroatoms. The molecule has 0 aliphatic carbocycles. The van der Waals surface area contributed by atoms with E-state index in [4.69, 9.17) is 4.74 Å². The molecule has 0 amide bonds. The van der Waals surface area contributed by atoms with Crippen LogP contribution >= 0.6 is 0 Å². The van der Waals surface area contributed by atoms with Gasteiger partial charge in [0.25, 0.3) is 0 Å². The zero-order chi connectivity index (χ0) is 21.5. The van der Waals surface area contributed by atoms with Crippen molar-refractivity contribution < 1.29 is 30.5 Å². The molecule has 30 heavy (non-hydrogen) atoms. The van der Waals surface area contributed by atoms with Crippen molar-refractivity contribution in [2.45, 2.75) is 19.0 Å². The normalized spacial score (nSPS) is 12.4. The van der Waals surface area contributed by atoms with Crippen molar-refractivity contribution in [3.8, 4) is 11.5 Å². The molecule has 0 atom stereocenters. The number of para-hydroxylation sites is 1. The van der Waals surface area contributed by atoms with E-state index in [1.807, 2.05) is 43.3 Å². The molecule has 0 aliphatic rings. The van der Waals surface area contributed by atoms with Gasteiger partial charge in [-0.1, -0.05) is 42.5 Å². The predicted octanol–water partition coefficient (Wildman–Crippen LogP) is 5.44. The van der Waals surface area contributed by atoms with E-state index in [0.29, 0.717) is 28.6 Å². The zero-order valence-electron chi connectivity index (χ0n) is 15.7. The Bertz CT molecular complexity index is 1330. The first kappa shape index (κ1) is 20.1. The maximum Gasteiger partial charge on any atom is 0.534 e. The topological polar surface area (TPSA) is 68.4 Å². The van der Waals surface area contributed by atoms with Gasteiger partial charge in [0.05, 0.1) is 11.0 Å². The van der Waals surface area contributed by atoms with Gasteiger partial charge in [-0.05, 0) is 30.2 Å². The van der Waals surface area contributed by atoms with Gasteiger partial charge < -0.3 is 13.9 Å². The van der Waals surface area contributed by atoms with Crippen LogP contribution in [0.2, 0.25) is 0 Å². The molecule has 1 heterocycles. The van der Waals surface area contributed by atoms with Crippen LogP contribution in [0.25, 0.3) is 21.8 Å². The van der Waals surface area contributed by atoms with Gasteiger partial charge in [0.2, 0.25) is 0 Å². The third-order valence-electron chi connectivity index (χ3n) is 4.61. The maximum atomic E-state index is 12.7. The Morgan fingerprint density at radius 1 is 0.933 bits per heavy atom. The first-order valence-electron chi connectivity index (χ1n) is 8.88. The standard InChI is InChI=1S/C21H16F3NO4S/c1-13-10-16-15-8-5-9-18(29-30(26,27)21(22,23)24)20(15)25-17(16)11-19(13)28-12-14-6-3-2-4-7-14/h2-11,25H,12H2,1H3. The number of hydrogen-bond donors (Lipinski definition) is 1. The molecule has 156 valence electrons. The predicted molar refractivity (Wildman–Crippen MR) is 107 cm³/mol. The molecule has 0 spiro atoms. The van der Waals surface area contributed by atoms with Crippen molar-refractivity contribution in [1.82, 2.24) is 4.98 Å². The summed E-state index contributed by atoms with van der Waals surface area (Å²) in [4.78, 5) is 2.95. The second kappa shape index (κ2) is 7.24. The van der Waals surface area contributed by atoms with Crippen LogP contribution in [0.4, 0.5) is 13.2 Å². The molecule has 0 saturated carbocycles. The van der Waals surface area contributed by atoms with E-state index in [1.165, 1.54) is 12.1 Å². The molecule has 1 N–H and O–H groups in total. The Morgan fingerprint density at radius 3 is 2.37 bits per heavy atom. The SMILES string of the molecule is Cc1cc2c(cc1OCc1ccccc1)[nH]c1c(OS(=O)(=O)C(F)(F)F)cccc12. The van der Waals surface area contributed by atoms with Gasteiger partial charge in [0.15, 0.2) is 5.75 Å². The maximum absolute atomic E-state index is 12.7. The van der Waals surface area contributed by atoms with Crippen LogP contribution in [0.3, 0.4) is 0 Å². The molecule has 4 aromatic rings. The number of halogens is 3. The number of aryl methyl sites for hydroxylation is 1. The van der Waals surface area contributed by atoms with E-state index in [-0.39, 0.29) is 5.52 Å². The quantitative estimate of drug-likeness (QED) is 0.335. The summed E-state index contributed by atoms with van der Waals surface area (Å²) in [5.74, 6) is 0.175. The third kappa shape index (κ3) is 3.68. The second-order valence-corrected chi connectivity index (χ2v) is 8.26. The highest BCUT2D eigenvalue weighted by molar-refractivity contribution is 7.88. The van der Waals surface area contributed by atoms with E-state index < -0.39 is 21.4 Å². The van der Waals surface area contributed by atoms with Crippen LogP contribution < -0.4 is 8.92 Å². The summed E-state index contributed by atoms with van der Waals surface area (Å²) in [6.07, 6.45) is 0. The minimum Gasteiger partial charge on any atom is -0.489 e. The number of aromatic nitrogens is 1. The van der Waals surface area contributed by atoms with E-state index in [1.54, 1.807) is 12.1 Å². The van der Waals surface area contributed by atoms with Crippen LogP contribution in [0.5, 0.6) is 11.5 Å². The van der Waals surface area contributed by atoms with E-state index in [0.717, 1.165) is 11.1 Å². The van der Waals surface area contributed by atoms with Gasteiger partial charge in [-0.25, -0.2) is 0 Å². The third-order valence-corrected chi connectivity index (χ3v) is 5.58. The number of benzene rings is 3. The highest BCUT2D eigenvalue weighted by Crippen LogP contribution is 2.37. The van der Waals surface area contributed by atoms with Crippen LogP contribution in [0.1, 0.15) is 11.1 Å². The number of nitrogens with one attached hydrogen (secondary N) is 1. The molecular weight excluding hydrogens is 419 g/mol. The second-order valence-electron chi connectivity index (χ2n) is 6.72. The summed E-state index contributed by atoms with van der Waals surface area (Å²) in [6, 6.07) is 17.4. The number of aromatic amines is 1. The lowest BCUT2D eigenvalue weighted by Gasteiger charge is -2.10. The molecule has 0 bridgehead atoms. The van der Waals surface area contributed by atoms with Crippen molar-refractivity contribution in [2.24, 2.45) is 0 Å². The fraction of sp³-hybridized carbons (Fsp3) is 0.143. The smallest absolute Gasteiger partial charge is 0.489 e. The summed E-state index contributed by atoms with van der Waals surface area (Å²) in [7, 11) is -5.78. The van der Waals surface area contributed by atoms with E-state index >= 15 is 0 Å². The van der Waals surface area contributed by atoms with Crippen molar-refractivity contribution in [3.63, 3.8) is 0 Å². The van der Waals surface area contributed by atoms with Crippen molar-refractivity contribution in [2.75, 3.05) is 0 Å². The molecule has 5 nitrogen and oxygen atoms in total. The minimum absolute atomic E-state index is 0.153. The number of alkyl halides is 3. The van der Waals surface area contributed by atoms with Crippen molar-refractivity contribution in [1.29, 1.82) is 0 Å². The molecule has 0 saturated heterocycles. The highest BCUT2D eigenvalue weighted by Gasteiger charge is 2.48. The van der Waals surface area contributed by atoms with Crippen molar-refractivity contribution >= 4 is 31.9 Å². The lowest BCUT2D eigenvalue weighted by atomic mass is 10.1. The Labute approximate surface area is 170 Å². The number of ether oxygens (including phenoxy) is 1. The Kier molecular flexibility index (Phi) is 4.85. The summed E-state index contributed by atoms with van der Waals surface area (Å²) in [6.45, 7) is 2.21. The molecule has 4 rings (SSSR count). The Balaban J connectivity index is 1.74. The van der Waals surface area contributed by atoms with Crippen LogP contribution in [0, 0.1) is 6.92 Å². The Morgan fingerprint density at radius 2 is 1.67 bits per heavy atom. The Hall–Kier alpha value is -3.20. The lowest BCUT2D eigenvalue weighted by Crippen LogP contribution is -2.28. The van der Waals surface area contributed by atoms with Gasteiger partial charge in [-0.3, -0.25) is 0 Å². The number of H-pyrrole nitrogens is 1. The van der Waals surface area contributed by atoms with Gasteiger partial charge in [-0.2, -0.15) is 21.6 Å². The summed E-state index contributed by atoms with van der Waals surface area (Å²) >= 11 is 0. The fourth-order valence-corrected chi connectivity index (χ4v) is 3.63. The van der Waals surface area contributed by atoms with Crippen molar-refractivity contribution in [3.05, 3.63) is 71.8 Å². The molecular formula is C21H16F3NO4S. The molecule has 0 fully saturated rings. The van der Waals surface area contributed by atoms with Gasteiger partial charge in [0, 0.05) is 16.8 Å². The molecule has 3 aromatic carbocycles. The first-order chi connectivity index (χ1) is 14.2. The number of fused-ring (bicyclic) bond motifs is 3. The van der Waals surface area contributed by atoms with Crippen LogP contribution in [-0.4, -0.2) is 18.9 Å². The molecule has 0 radical (unpaired) electrons. The monoisotopic (exact) mass is 435 g/mol. The average molecular weight is 435 g/mol. The fourth-order valence-electron chi connectivity index (χ4n) is 3.16. The number of rotatable bonds is 5. The zero-order valence-corrected chi connectivity index (χ0v) is 16.5. The average Bonchev–Trinajstić information content (AvgIpc) is 3.04. The summed E-state index contributed by atoms with van der Waals surface area (Å²) in [5, 5.41) is 1.25. The molecule has 1 aromatic heterocycles. The molecule has 0 unspecified atom stereocenters. The highest BCUT2D eigenvalue weighted by atomic mass is 32.2. The lowest BCUT2D eigenvalue weighted by molar-refractivity contribution is -0.0499. The first-order valence-corrected chi connectivity index (χ1v) is 10.3. The van der Waals surface area contributed by atoms with E-state index in [9.17, 15) is 21.6 Å². The minimum atomic E-state index is -5.78. The summed E-state index contributed by atoms with van der Waals surface area (Å²) < 4.78 is 71.2. The van der Waals surface area contributed by atoms with Gasteiger partial charge >= 0.3 is 15.6 Å². The van der Waals surface area contributed by atoms with Gasteiger partial charge in [-0.15, -0.1) is 0 Å². The van der Waals surface area contributed by atoms with Crippen LogP contribution in [0.15, 0.2) is 60.7 Å². The van der Waals surface area contributed by atoms with Crippen LogP contribution in [-0.2, 0) is 16.7 Å². The molecule has 0 aliphatic heterocycles. The van der Waals surface area contributed by atoms with E-state index in [2.05, 4.69) is 9.17 Å². The largest absolute Gasteiger partial charge is 0.534 e. The number of hydrogen-bond acceptors (Lipinski definition) is 4. The van der Waals surface area contributed by atoms with Gasteiger partial charge in [0.1, 0.15) is 12.4 Å². The summed E-state index contributed by atoms with van der Waals surface area (Å²) in [5.41, 5.74) is -2.97.